The molecule has 1 atom stereocenters. The molecule has 1 nitrogen and oxygen atoms in total. The predicted octanol–water partition coefficient (Wildman–Crippen LogP) is 3.70. The van der Waals surface area contributed by atoms with Crippen molar-refractivity contribution in [2.75, 3.05) is 6.54 Å². The fourth-order valence-corrected chi connectivity index (χ4v) is 1.74. The number of benzene rings is 1. The Labute approximate surface area is 93.9 Å². The van der Waals surface area contributed by atoms with Gasteiger partial charge in [-0.25, -0.2) is 0 Å². The van der Waals surface area contributed by atoms with Crippen LogP contribution in [0.3, 0.4) is 0 Å². The first kappa shape index (κ1) is 12.3. The lowest BCUT2D eigenvalue weighted by Crippen LogP contribution is -2.19. The summed E-state index contributed by atoms with van der Waals surface area (Å²) in [5, 5.41) is 3.50. The van der Waals surface area contributed by atoms with Crippen molar-refractivity contribution in [3.8, 4) is 0 Å². The van der Waals surface area contributed by atoms with E-state index in [4.69, 9.17) is 0 Å². The third-order valence-electron chi connectivity index (χ3n) is 2.72. The van der Waals surface area contributed by atoms with Crippen LogP contribution in [0.2, 0.25) is 0 Å². The molecule has 1 N–H and O–H groups in total. The Morgan fingerprint density at radius 1 is 1.07 bits per heavy atom. The van der Waals surface area contributed by atoms with E-state index < -0.39 is 0 Å². The van der Waals surface area contributed by atoms with Crippen molar-refractivity contribution in [2.24, 2.45) is 0 Å². The maximum atomic E-state index is 3.50. The van der Waals surface area contributed by atoms with E-state index in [9.17, 15) is 0 Å². The van der Waals surface area contributed by atoms with Crippen LogP contribution in [0.25, 0.3) is 0 Å². The van der Waals surface area contributed by atoms with E-state index in [0.717, 1.165) is 6.54 Å². The number of nitrogens with one attached hydrogen (secondary N) is 1. The van der Waals surface area contributed by atoms with Crippen LogP contribution in [0.1, 0.15) is 50.8 Å². The molecule has 0 spiro atoms. The Bertz CT molecular complexity index is 263. The summed E-state index contributed by atoms with van der Waals surface area (Å²) in [5.41, 5.74) is 2.84. The van der Waals surface area contributed by atoms with Crippen LogP contribution in [0, 0.1) is 0 Å². The molecule has 1 aromatic carbocycles. The zero-order valence-corrected chi connectivity index (χ0v) is 10.2. The minimum absolute atomic E-state index is 0.473. The number of aryl methyl sites for hydroxylation is 1. The van der Waals surface area contributed by atoms with Gasteiger partial charge >= 0.3 is 0 Å². The van der Waals surface area contributed by atoms with Gasteiger partial charge in [0, 0.05) is 6.04 Å². The Kier molecular flexibility index (Phi) is 5.41. The van der Waals surface area contributed by atoms with Crippen LogP contribution in [-0.2, 0) is 6.42 Å². The van der Waals surface area contributed by atoms with Gasteiger partial charge in [-0.15, -0.1) is 0 Å². The van der Waals surface area contributed by atoms with Crippen LogP contribution in [0.4, 0.5) is 0 Å². The van der Waals surface area contributed by atoms with Gasteiger partial charge in [-0.1, -0.05) is 44.5 Å². The molecule has 0 aliphatic heterocycles. The van der Waals surface area contributed by atoms with Gasteiger partial charge in [0.2, 0.25) is 0 Å². The van der Waals surface area contributed by atoms with E-state index in [2.05, 4.69) is 50.4 Å². The lowest BCUT2D eigenvalue weighted by molar-refractivity contribution is 0.570. The molecule has 0 saturated heterocycles. The second-order valence-corrected chi connectivity index (χ2v) is 4.17. The van der Waals surface area contributed by atoms with E-state index in [-0.39, 0.29) is 0 Å². The van der Waals surface area contributed by atoms with E-state index in [0.29, 0.717) is 6.04 Å². The summed E-state index contributed by atoms with van der Waals surface area (Å²) in [6.07, 6.45) is 3.61. The van der Waals surface area contributed by atoms with Gasteiger partial charge in [0.1, 0.15) is 0 Å². The second kappa shape index (κ2) is 6.62. The number of rotatable bonds is 6. The molecule has 0 unspecified atom stereocenters. The average molecular weight is 205 g/mol. The predicted molar refractivity (Wildman–Crippen MR) is 67.1 cm³/mol. The summed E-state index contributed by atoms with van der Waals surface area (Å²) in [6.45, 7) is 7.74. The normalized spacial score (nSPS) is 12.7. The molecule has 0 radical (unpaired) electrons. The highest BCUT2D eigenvalue weighted by atomic mass is 14.9. The molecule has 0 aliphatic carbocycles. The standard InChI is InChI=1S/C14H23N/c1-4-6-13-7-9-14(10-8-13)12(3)15-11-5-2/h7-10,12,15H,4-6,11H2,1-3H3/t12-/m0/s1. The highest BCUT2D eigenvalue weighted by molar-refractivity contribution is 5.24. The van der Waals surface area contributed by atoms with E-state index in [1.807, 2.05) is 0 Å². The summed E-state index contributed by atoms with van der Waals surface area (Å²) in [7, 11) is 0. The largest absolute Gasteiger partial charge is 0.310 e. The van der Waals surface area contributed by atoms with Crippen molar-refractivity contribution < 1.29 is 0 Å². The first-order chi connectivity index (χ1) is 7.27. The van der Waals surface area contributed by atoms with Gasteiger partial charge < -0.3 is 5.32 Å². The van der Waals surface area contributed by atoms with Crippen molar-refractivity contribution in [1.82, 2.24) is 5.32 Å². The molecule has 0 aromatic heterocycles. The minimum Gasteiger partial charge on any atom is -0.310 e. The van der Waals surface area contributed by atoms with Gasteiger partial charge in [-0.3, -0.25) is 0 Å². The van der Waals surface area contributed by atoms with Crippen molar-refractivity contribution in [2.45, 2.75) is 46.1 Å². The van der Waals surface area contributed by atoms with E-state index in [1.165, 1.54) is 30.4 Å². The highest BCUT2D eigenvalue weighted by Crippen LogP contribution is 2.14. The summed E-state index contributed by atoms with van der Waals surface area (Å²) in [6, 6.07) is 9.48. The summed E-state index contributed by atoms with van der Waals surface area (Å²) >= 11 is 0. The molecular formula is C14H23N. The highest BCUT2D eigenvalue weighted by Gasteiger charge is 2.02. The molecule has 15 heavy (non-hydrogen) atoms. The molecule has 1 aromatic rings. The van der Waals surface area contributed by atoms with Gasteiger partial charge in [0.05, 0.1) is 0 Å². The molecule has 0 bridgehead atoms. The van der Waals surface area contributed by atoms with E-state index in [1.54, 1.807) is 0 Å². The van der Waals surface area contributed by atoms with Gasteiger partial charge in [-0.05, 0) is 37.4 Å². The number of hydrogen-bond donors (Lipinski definition) is 1. The third kappa shape index (κ3) is 4.05. The van der Waals surface area contributed by atoms with Crippen molar-refractivity contribution in [1.29, 1.82) is 0 Å². The second-order valence-electron chi connectivity index (χ2n) is 4.17. The zero-order valence-electron chi connectivity index (χ0n) is 10.2. The quantitative estimate of drug-likeness (QED) is 0.746. The first-order valence-electron chi connectivity index (χ1n) is 6.10. The molecule has 0 saturated carbocycles. The lowest BCUT2D eigenvalue weighted by atomic mass is 10.0. The smallest absolute Gasteiger partial charge is 0.0291 e. The Morgan fingerprint density at radius 2 is 1.73 bits per heavy atom. The molecule has 0 amide bonds. The van der Waals surface area contributed by atoms with Crippen LogP contribution >= 0.6 is 0 Å². The minimum atomic E-state index is 0.473. The fraction of sp³-hybridized carbons (Fsp3) is 0.571. The molecule has 1 heteroatoms. The van der Waals surface area contributed by atoms with Gasteiger partial charge in [-0.2, -0.15) is 0 Å². The van der Waals surface area contributed by atoms with Gasteiger partial charge in [0.15, 0.2) is 0 Å². The average Bonchev–Trinajstić information content (AvgIpc) is 2.27. The van der Waals surface area contributed by atoms with Crippen molar-refractivity contribution in [3.05, 3.63) is 35.4 Å². The Morgan fingerprint density at radius 3 is 2.27 bits per heavy atom. The lowest BCUT2D eigenvalue weighted by Gasteiger charge is -2.13. The Hall–Kier alpha value is -0.820. The van der Waals surface area contributed by atoms with Crippen molar-refractivity contribution in [3.63, 3.8) is 0 Å². The SMILES string of the molecule is CCCN[C@@H](C)c1ccc(CCC)cc1. The zero-order chi connectivity index (χ0) is 11.1. The monoisotopic (exact) mass is 205 g/mol. The van der Waals surface area contributed by atoms with Crippen LogP contribution in [-0.4, -0.2) is 6.54 Å². The fourth-order valence-electron chi connectivity index (χ4n) is 1.74. The molecule has 0 fully saturated rings. The molecule has 0 heterocycles. The molecular weight excluding hydrogens is 182 g/mol. The van der Waals surface area contributed by atoms with Crippen molar-refractivity contribution >= 4 is 0 Å². The topological polar surface area (TPSA) is 12.0 Å². The molecule has 0 aliphatic rings. The molecule has 1 rings (SSSR count). The maximum Gasteiger partial charge on any atom is 0.0291 e. The van der Waals surface area contributed by atoms with Crippen LogP contribution < -0.4 is 5.32 Å². The summed E-state index contributed by atoms with van der Waals surface area (Å²) in [4.78, 5) is 0. The molecule has 84 valence electrons. The van der Waals surface area contributed by atoms with Crippen LogP contribution in [0.15, 0.2) is 24.3 Å². The summed E-state index contributed by atoms with van der Waals surface area (Å²) in [5.74, 6) is 0. The Balaban J connectivity index is 2.54. The number of hydrogen-bond acceptors (Lipinski definition) is 1. The van der Waals surface area contributed by atoms with Gasteiger partial charge in [0.25, 0.3) is 0 Å². The summed E-state index contributed by atoms with van der Waals surface area (Å²) < 4.78 is 0. The van der Waals surface area contributed by atoms with Crippen LogP contribution in [0.5, 0.6) is 0 Å². The first-order valence-corrected chi connectivity index (χ1v) is 6.10. The van der Waals surface area contributed by atoms with E-state index >= 15 is 0 Å². The third-order valence-corrected chi connectivity index (χ3v) is 2.72. The maximum absolute atomic E-state index is 3.50.